The summed E-state index contributed by atoms with van der Waals surface area (Å²) < 4.78 is 45.4. The second-order valence-corrected chi connectivity index (χ2v) is 9.01. The molecule has 0 saturated carbocycles. The van der Waals surface area contributed by atoms with E-state index in [0.717, 1.165) is 0 Å². The van der Waals surface area contributed by atoms with Crippen molar-refractivity contribution in [1.82, 2.24) is 14.9 Å². The first kappa shape index (κ1) is 21.6. The number of hydrogen-bond donors (Lipinski definition) is 2. The normalized spacial score (nSPS) is 11.6. The molecule has 0 unspecified atom stereocenters. The Morgan fingerprint density at radius 2 is 1.78 bits per heavy atom. The molecule has 2 aromatic carbocycles. The largest absolute Gasteiger partial charge is 0.335 e. The van der Waals surface area contributed by atoms with Crippen molar-refractivity contribution in [3.63, 3.8) is 0 Å². The zero-order chi connectivity index (χ0) is 23.0. The van der Waals surface area contributed by atoms with Gasteiger partial charge in [-0.1, -0.05) is 11.2 Å². The third kappa shape index (κ3) is 3.97. The van der Waals surface area contributed by atoms with Crippen molar-refractivity contribution < 1.29 is 22.1 Å². The topological polar surface area (TPSA) is 114 Å². The maximum absolute atomic E-state index is 13.3. The first-order chi connectivity index (χ1) is 15.2. The fourth-order valence-corrected chi connectivity index (χ4v) is 4.31. The van der Waals surface area contributed by atoms with Gasteiger partial charge in [0.05, 0.1) is 27.2 Å². The van der Waals surface area contributed by atoms with Gasteiger partial charge in [0.25, 0.3) is 11.6 Å². The van der Waals surface area contributed by atoms with E-state index in [1.54, 1.807) is 44.2 Å². The van der Waals surface area contributed by atoms with E-state index in [0.29, 0.717) is 33.6 Å². The van der Waals surface area contributed by atoms with Gasteiger partial charge < -0.3 is 9.84 Å². The van der Waals surface area contributed by atoms with Crippen molar-refractivity contribution in [3.05, 3.63) is 71.2 Å². The number of nitrogens with one attached hydrogen (secondary N) is 2. The molecule has 0 aliphatic heterocycles. The predicted octanol–water partition coefficient (Wildman–Crippen LogP) is 3.81. The van der Waals surface area contributed by atoms with Crippen LogP contribution in [0, 0.1) is 19.7 Å². The molecule has 0 radical (unpaired) electrons. The predicted molar refractivity (Wildman–Crippen MR) is 117 cm³/mol. The number of hydrogen-bond acceptors (Lipinski definition) is 6. The number of fused-ring (bicyclic) bond motifs is 1. The summed E-state index contributed by atoms with van der Waals surface area (Å²) in [5.74, 6) is -0.890. The van der Waals surface area contributed by atoms with Gasteiger partial charge in [-0.25, -0.2) is 22.5 Å². The number of anilines is 1. The van der Waals surface area contributed by atoms with E-state index in [9.17, 15) is 17.6 Å². The van der Waals surface area contributed by atoms with Crippen molar-refractivity contribution in [3.8, 4) is 11.3 Å². The van der Waals surface area contributed by atoms with Gasteiger partial charge in [0.1, 0.15) is 5.82 Å². The highest BCUT2D eigenvalue weighted by Crippen LogP contribution is 2.28. The number of aryl methyl sites for hydroxylation is 2. The van der Waals surface area contributed by atoms with Gasteiger partial charge in [0.15, 0.2) is 0 Å². The van der Waals surface area contributed by atoms with Crippen molar-refractivity contribution in [2.24, 2.45) is 0 Å². The SMILES string of the molecule is CNS(=O)(=O)c1cc(NC(=O)c2cc(-c3ccc(F)cc3)nc3onc(C)c23)ccc1C. The second-order valence-electron chi connectivity index (χ2n) is 7.15. The number of benzene rings is 2. The first-order valence-electron chi connectivity index (χ1n) is 9.58. The van der Waals surface area contributed by atoms with Crippen molar-refractivity contribution in [2.75, 3.05) is 12.4 Å². The van der Waals surface area contributed by atoms with E-state index < -0.39 is 21.7 Å². The first-order valence-corrected chi connectivity index (χ1v) is 11.1. The lowest BCUT2D eigenvalue weighted by Crippen LogP contribution is -2.20. The molecule has 0 bridgehead atoms. The third-order valence-electron chi connectivity index (χ3n) is 5.01. The summed E-state index contributed by atoms with van der Waals surface area (Å²) in [6.45, 7) is 3.35. The monoisotopic (exact) mass is 454 g/mol. The summed E-state index contributed by atoms with van der Waals surface area (Å²) in [6, 6.07) is 11.9. The van der Waals surface area contributed by atoms with Crippen molar-refractivity contribution >= 4 is 32.7 Å². The summed E-state index contributed by atoms with van der Waals surface area (Å²) in [5.41, 5.74) is 2.72. The van der Waals surface area contributed by atoms with Crippen molar-refractivity contribution in [2.45, 2.75) is 18.7 Å². The molecule has 1 amide bonds. The molecule has 2 N–H and O–H groups in total. The Bertz CT molecular complexity index is 1450. The average Bonchev–Trinajstić information content (AvgIpc) is 3.15. The minimum Gasteiger partial charge on any atom is -0.335 e. The molecular formula is C22H19FN4O4S. The summed E-state index contributed by atoms with van der Waals surface area (Å²) in [6.07, 6.45) is 0. The quantitative estimate of drug-likeness (QED) is 0.474. The number of carbonyl (C=O) groups excluding carboxylic acids is 1. The average molecular weight is 454 g/mol. The van der Waals surface area contributed by atoms with Crippen LogP contribution < -0.4 is 10.0 Å². The number of aromatic nitrogens is 2. The molecule has 4 aromatic rings. The molecule has 32 heavy (non-hydrogen) atoms. The second kappa shape index (κ2) is 8.13. The Kier molecular flexibility index (Phi) is 5.49. The molecule has 4 rings (SSSR count). The Balaban J connectivity index is 1.78. The van der Waals surface area contributed by atoms with Gasteiger partial charge in [-0.2, -0.15) is 0 Å². The highest BCUT2D eigenvalue weighted by atomic mass is 32.2. The number of rotatable bonds is 5. The lowest BCUT2D eigenvalue weighted by molar-refractivity contribution is 0.102. The summed E-state index contributed by atoms with van der Waals surface area (Å²) in [7, 11) is -2.38. The molecule has 0 aliphatic carbocycles. The smallest absolute Gasteiger partial charge is 0.259 e. The number of carbonyl (C=O) groups is 1. The minimum atomic E-state index is -3.70. The van der Waals surface area contributed by atoms with Crippen LogP contribution in [0.3, 0.4) is 0 Å². The number of amides is 1. The lowest BCUT2D eigenvalue weighted by atomic mass is 10.0. The van der Waals surface area contributed by atoms with Gasteiger partial charge in [-0.3, -0.25) is 4.79 Å². The molecule has 0 atom stereocenters. The molecule has 10 heteroatoms. The summed E-state index contributed by atoms with van der Waals surface area (Å²) in [4.78, 5) is 17.7. The summed E-state index contributed by atoms with van der Waals surface area (Å²) >= 11 is 0. The van der Waals surface area contributed by atoms with Crippen LogP contribution in [-0.2, 0) is 10.0 Å². The van der Waals surface area contributed by atoms with E-state index in [1.807, 2.05) is 0 Å². The number of halogens is 1. The standard InChI is InChI=1S/C22H19FN4O4S/c1-12-4-9-16(10-19(12)32(29,30)24-3)25-21(28)17-11-18(14-5-7-15(23)8-6-14)26-22-20(17)13(2)27-31-22/h4-11,24H,1-3H3,(H,25,28). The van der Waals surface area contributed by atoms with Crippen LogP contribution in [0.4, 0.5) is 10.1 Å². The molecule has 8 nitrogen and oxygen atoms in total. The maximum Gasteiger partial charge on any atom is 0.259 e. The van der Waals surface area contributed by atoms with Crippen LogP contribution in [-0.4, -0.2) is 31.5 Å². The van der Waals surface area contributed by atoms with Crippen LogP contribution in [0.2, 0.25) is 0 Å². The van der Waals surface area contributed by atoms with Gasteiger partial charge >= 0.3 is 0 Å². The Morgan fingerprint density at radius 1 is 1.06 bits per heavy atom. The molecule has 2 heterocycles. The molecular weight excluding hydrogens is 435 g/mol. The van der Waals surface area contributed by atoms with E-state index in [2.05, 4.69) is 20.2 Å². The van der Waals surface area contributed by atoms with Crippen LogP contribution in [0.15, 0.2) is 57.9 Å². The Hall–Kier alpha value is -3.63. The van der Waals surface area contributed by atoms with Gasteiger partial charge in [-0.05, 0) is 68.9 Å². The zero-order valence-corrected chi connectivity index (χ0v) is 18.2. The maximum atomic E-state index is 13.3. The van der Waals surface area contributed by atoms with Gasteiger partial charge in [-0.15, -0.1) is 0 Å². The van der Waals surface area contributed by atoms with Gasteiger partial charge in [0, 0.05) is 11.3 Å². The van der Waals surface area contributed by atoms with Crippen LogP contribution in [0.25, 0.3) is 22.4 Å². The fourth-order valence-electron chi connectivity index (χ4n) is 3.32. The summed E-state index contributed by atoms with van der Waals surface area (Å²) in [5, 5.41) is 7.06. The molecule has 164 valence electrons. The molecule has 0 fully saturated rings. The third-order valence-corrected chi connectivity index (χ3v) is 6.56. The number of sulfonamides is 1. The number of nitrogens with zero attached hydrogens (tertiary/aromatic N) is 2. The van der Waals surface area contributed by atoms with E-state index in [-0.39, 0.29) is 16.2 Å². The van der Waals surface area contributed by atoms with E-state index >= 15 is 0 Å². The molecule has 2 aromatic heterocycles. The molecule has 0 saturated heterocycles. The highest BCUT2D eigenvalue weighted by Gasteiger charge is 2.21. The number of pyridine rings is 1. The fraction of sp³-hybridized carbons (Fsp3) is 0.136. The highest BCUT2D eigenvalue weighted by molar-refractivity contribution is 7.89. The van der Waals surface area contributed by atoms with E-state index in [4.69, 9.17) is 4.52 Å². The van der Waals surface area contributed by atoms with E-state index in [1.165, 1.54) is 25.2 Å². The van der Waals surface area contributed by atoms with Crippen molar-refractivity contribution in [1.29, 1.82) is 0 Å². The van der Waals surface area contributed by atoms with Crippen LogP contribution in [0.5, 0.6) is 0 Å². The zero-order valence-electron chi connectivity index (χ0n) is 17.4. The Labute approximate surface area is 183 Å². The minimum absolute atomic E-state index is 0.0610. The van der Waals surface area contributed by atoms with Crippen LogP contribution in [0.1, 0.15) is 21.6 Å². The molecule has 0 aliphatic rings. The Morgan fingerprint density at radius 3 is 2.47 bits per heavy atom. The lowest BCUT2D eigenvalue weighted by Gasteiger charge is -2.11. The van der Waals surface area contributed by atoms with Gasteiger partial charge in [0.2, 0.25) is 10.0 Å². The van der Waals surface area contributed by atoms with Crippen LogP contribution >= 0.6 is 0 Å². The molecule has 0 spiro atoms.